The van der Waals surface area contributed by atoms with Gasteiger partial charge in [-0.25, -0.2) is 9.79 Å². The highest BCUT2D eigenvalue weighted by atomic mass is 32.1. The summed E-state index contributed by atoms with van der Waals surface area (Å²) in [5.74, 6) is -1.15. The van der Waals surface area contributed by atoms with Gasteiger partial charge in [-0.1, -0.05) is 41.7 Å². The number of aromatic nitrogens is 1. The number of ether oxygens (including phenoxy) is 2. The van der Waals surface area contributed by atoms with E-state index in [0.717, 1.165) is 11.3 Å². The van der Waals surface area contributed by atoms with Gasteiger partial charge in [0, 0.05) is 5.56 Å². The first-order valence-electron chi connectivity index (χ1n) is 12.2. The van der Waals surface area contributed by atoms with Crippen LogP contribution in [-0.4, -0.2) is 42.1 Å². The number of primary amides is 1. The molecule has 2 aromatic carbocycles. The van der Waals surface area contributed by atoms with Gasteiger partial charge in [-0.3, -0.25) is 23.9 Å². The third-order valence-electron chi connectivity index (χ3n) is 6.46. The second kappa shape index (κ2) is 9.99. The molecule has 2 amide bonds. The van der Waals surface area contributed by atoms with Crippen molar-refractivity contribution >= 4 is 40.4 Å². The number of benzene rings is 2. The Hall–Kier alpha value is -4.51. The maximum absolute atomic E-state index is 14.1. The molecule has 3 aromatic rings. The highest BCUT2D eigenvalue weighted by Crippen LogP contribution is 2.35. The van der Waals surface area contributed by atoms with E-state index in [0.29, 0.717) is 33.1 Å². The molecule has 5 rings (SSSR count). The number of hydrogen-bond acceptors (Lipinski definition) is 8. The average Bonchev–Trinajstić information content (AvgIpc) is 3.35. The predicted octanol–water partition coefficient (Wildman–Crippen LogP) is 1.40. The molecule has 2 aliphatic heterocycles. The number of hydrogen-bond donors (Lipinski definition) is 1. The quantitative estimate of drug-likeness (QED) is 0.465. The third kappa shape index (κ3) is 4.44. The van der Waals surface area contributed by atoms with Gasteiger partial charge in [-0.05, 0) is 44.5 Å². The number of rotatable bonds is 6. The Balaban J connectivity index is 1.78. The molecule has 2 N–H and O–H groups in total. The SMILES string of the molecule is COc1ccc(C2C(C(=O)OC(C)C)=C(C)N=c3sc(=C4C(=O)N(CC(N)=O)c5ccccc54)c(=O)n32)cc1. The number of nitrogens with zero attached hydrogens (tertiary/aromatic N) is 3. The molecule has 2 aliphatic rings. The van der Waals surface area contributed by atoms with Gasteiger partial charge in [0.2, 0.25) is 5.91 Å². The summed E-state index contributed by atoms with van der Waals surface area (Å²) in [6, 6.07) is 13.1. The summed E-state index contributed by atoms with van der Waals surface area (Å²) < 4.78 is 12.4. The number of fused-ring (bicyclic) bond motifs is 2. The number of carbonyl (C=O) groups is 3. The van der Waals surface area contributed by atoms with E-state index >= 15 is 0 Å². The summed E-state index contributed by atoms with van der Waals surface area (Å²) in [5.41, 5.74) is 7.38. The summed E-state index contributed by atoms with van der Waals surface area (Å²) in [6.45, 7) is 4.86. The number of carbonyl (C=O) groups excluding carboxylic acids is 3. The Morgan fingerprint density at radius 3 is 2.44 bits per heavy atom. The summed E-state index contributed by atoms with van der Waals surface area (Å²) in [6.07, 6.45) is -0.384. The van der Waals surface area contributed by atoms with Gasteiger partial charge in [0.1, 0.15) is 16.8 Å². The van der Waals surface area contributed by atoms with Crippen molar-refractivity contribution in [3.8, 4) is 5.75 Å². The maximum Gasteiger partial charge on any atom is 0.338 e. The lowest BCUT2D eigenvalue weighted by molar-refractivity contribution is -0.143. The second-order valence-corrected chi connectivity index (χ2v) is 10.4. The normalized spacial score (nSPS) is 17.6. The van der Waals surface area contributed by atoms with E-state index in [1.54, 1.807) is 76.4 Å². The molecule has 3 heterocycles. The number of anilines is 1. The summed E-state index contributed by atoms with van der Waals surface area (Å²) in [5, 5.41) is 0. The van der Waals surface area contributed by atoms with Crippen LogP contribution in [0.4, 0.5) is 5.69 Å². The van der Waals surface area contributed by atoms with Crippen LogP contribution >= 0.6 is 11.3 Å². The third-order valence-corrected chi connectivity index (χ3v) is 7.51. The summed E-state index contributed by atoms with van der Waals surface area (Å²) in [7, 11) is 1.55. The maximum atomic E-state index is 14.1. The van der Waals surface area contributed by atoms with E-state index < -0.39 is 29.4 Å². The molecule has 1 aromatic heterocycles. The van der Waals surface area contributed by atoms with E-state index in [1.165, 1.54) is 9.47 Å². The van der Waals surface area contributed by atoms with Crippen molar-refractivity contribution in [2.75, 3.05) is 18.6 Å². The van der Waals surface area contributed by atoms with Gasteiger partial charge in [0.25, 0.3) is 11.5 Å². The number of thiazole rings is 1. The van der Waals surface area contributed by atoms with Crippen LogP contribution in [0.5, 0.6) is 5.75 Å². The second-order valence-electron chi connectivity index (χ2n) is 9.38. The van der Waals surface area contributed by atoms with E-state index in [4.69, 9.17) is 15.2 Å². The van der Waals surface area contributed by atoms with E-state index in [-0.39, 0.29) is 28.3 Å². The van der Waals surface area contributed by atoms with Crippen LogP contribution in [0.15, 0.2) is 69.6 Å². The van der Waals surface area contributed by atoms with Crippen molar-refractivity contribution in [2.45, 2.75) is 32.9 Å². The zero-order valence-corrected chi connectivity index (χ0v) is 22.6. The highest BCUT2D eigenvalue weighted by Gasteiger charge is 2.37. The molecule has 10 nitrogen and oxygen atoms in total. The zero-order chi connectivity index (χ0) is 28.0. The molecule has 0 saturated heterocycles. The lowest BCUT2D eigenvalue weighted by Crippen LogP contribution is -2.41. The summed E-state index contributed by atoms with van der Waals surface area (Å²) >= 11 is 1.06. The van der Waals surface area contributed by atoms with Crippen molar-refractivity contribution in [3.63, 3.8) is 0 Å². The number of amides is 2. The Bertz CT molecular complexity index is 1730. The first-order valence-corrected chi connectivity index (χ1v) is 13.0. The van der Waals surface area contributed by atoms with Gasteiger partial charge in [0.05, 0.1) is 41.8 Å². The number of methoxy groups -OCH3 is 1. The Morgan fingerprint density at radius 1 is 1.10 bits per heavy atom. The van der Waals surface area contributed by atoms with Gasteiger partial charge in [-0.2, -0.15) is 0 Å². The number of para-hydroxylation sites is 1. The first-order chi connectivity index (χ1) is 18.6. The fraction of sp³-hybridized carbons (Fsp3) is 0.250. The first kappa shape index (κ1) is 26.1. The average molecular weight is 547 g/mol. The Morgan fingerprint density at radius 2 is 1.79 bits per heavy atom. The molecule has 11 heteroatoms. The van der Waals surface area contributed by atoms with Crippen molar-refractivity contribution in [3.05, 3.63) is 90.6 Å². The van der Waals surface area contributed by atoms with E-state index in [1.807, 2.05) is 0 Å². The smallest absolute Gasteiger partial charge is 0.338 e. The molecule has 1 unspecified atom stereocenters. The minimum Gasteiger partial charge on any atom is -0.497 e. The molecule has 0 radical (unpaired) electrons. The molecule has 0 saturated carbocycles. The van der Waals surface area contributed by atoms with Gasteiger partial charge in [-0.15, -0.1) is 0 Å². The lowest BCUT2D eigenvalue weighted by Gasteiger charge is -2.25. The number of nitrogens with two attached hydrogens (primary N) is 1. The van der Waals surface area contributed by atoms with Crippen molar-refractivity contribution in [2.24, 2.45) is 10.7 Å². The molecule has 0 bridgehead atoms. The van der Waals surface area contributed by atoms with Crippen LogP contribution in [0.25, 0.3) is 5.57 Å². The molecular formula is C28H26N4O6S. The van der Waals surface area contributed by atoms with E-state index in [2.05, 4.69) is 4.99 Å². The van der Waals surface area contributed by atoms with Gasteiger partial charge < -0.3 is 15.2 Å². The van der Waals surface area contributed by atoms with Crippen molar-refractivity contribution < 1.29 is 23.9 Å². The van der Waals surface area contributed by atoms with Crippen LogP contribution in [0.1, 0.15) is 37.9 Å². The Kier molecular flexibility index (Phi) is 6.69. The zero-order valence-electron chi connectivity index (χ0n) is 21.8. The Labute approximate surface area is 227 Å². The molecule has 0 spiro atoms. The number of esters is 1. The molecular weight excluding hydrogens is 520 g/mol. The summed E-state index contributed by atoms with van der Waals surface area (Å²) in [4.78, 5) is 58.9. The highest BCUT2D eigenvalue weighted by molar-refractivity contribution is 7.07. The molecule has 39 heavy (non-hydrogen) atoms. The van der Waals surface area contributed by atoms with Crippen molar-refractivity contribution in [1.82, 2.24) is 4.57 Å². The van der Waals surface area contributed by atoms with Crippen LogP contribution in [0.2, 0.25) is 0 Å². The fourth-order valence-electron chi connectivity index (χ4n) is 4.82. The molecule has 1 atom stereocenters. The minimum atomic E-state index is -0.846. The van der Waals surface area contributed by atoms with Crippen LogP contribution in [0, 0.1) is 0 Å². The van der Waals surface area contributed by atoms with Gasteiger partial charge in [0.15, 0.2) is 4.80 Å². The molecule has 0 aliphatic carbocycles. The topological polar surface area (TPSA) is 133 Å². The van der Waals surface area contributed by atoms with Crippen LogP contribution < -0.4 is 30.3 Å². The standard InChI is InChI=1S/C28H26N4O6S/c1-14(2)38-27(36)21-15(3)30-28-32(23(21)16-9-11-17(37-4)12-10-16)26(35)24(39-28)22-18-7-5-6-8-19(18)31(25(22)34)13-20(29)33/h5-12,14,23H,13H2,1-4H3,(H2,29,33). The van der Waals surface area contributed by atoms with Crippen LogP contribution in [0.3, 0.4) is 0 Å². The van der Waals surface area contributed by atoms with Gasteiger partial charge >= 0.3 is 5.97 Å². The monoisotopic (exact) mass is 546 g/mol. The minimum absolute atomic E-state index is 0.156. The van der Waals surface area contributed by atoms with Crippen LogP contribution in [-0.2, 0) is 19.1 Å². The predicted molar refractivity (Wildman–Crippen MR) is 145 cm³/mol. The van der Waals surface area contributed by atoms with Crippen molar-refractivity contribution in [1.29, 1.82) is 0 Å². The van der Waals surface area contributed by atoms with E-state index in [9.17, 15) is 19.2 Å². The molecule has 0 fully saturated rings. The lowest BCUT2D eigenvalue weighted by atomic mass is 9.95. The molecule has 200 valence electrons. The number of allylic oxidation sites excluding steroid dienone is 1. The largest absolute Gasteiger partial charge is 0.497 e. The fourth-order valence-corrected chi connectivity index (χ4v) is 5.96.